The quantitative estimate of drug-likeness (QED) is 0.613. The molecule has 0 radical (unpaired) electrons. The van der Waals surface area contributed by atoms with Crippen molar-refractivity contribution in [3.8, 4) is 0 Å². The van der Waals surface area contributed by atoms with Crippen molar-refractivity contribution in [1.29, 1.82) is 0 Å². The van der Waals surface area contributed by atoms with Gasteiger partial charge in [-0.15, -0.1) is 0 Å². The van der Waals surface area contributed by atoms with Crippen molar-refractivity contribution >= 4 is 17.5 Å². The summed E-state index contributed by atoms with van der Waals surface area (Å²) in [5.74, 6) is -0.587. The Morgan fingerprint density at radius 1 is 1.00 bits per heavy atom. The molecule has 0 spiro atoms. The Balaban J connectivity index is 1.95. The molecule has 2 aromatic carbocycles. The number of amides is 2. The maximum Gasteiger partial charge on any atom is 0.251 e. The summed E-state index contributed by atoms with van der Waals surface area (Å²) in [5.41, 5.74) is 13.5. The van der Waals surface area contributed by atoms with Gasteiger partial charge in [-0.05, 0) is 42.0 Å². The molecule has 0 aliphatic carbocycles. The molecule has 6 heteroatoms. The number of primary amides is 1. The molecule has 120 valence electrons. The lowest BCUT2D eigenvalue weighted by Crippen LogP contribution is -2.28. The van der Waals surface area contributed by atoms with E-state index in [1.54, 1.807) is 30.3 Å². The Morgan fingerprint density at radius 2 is 1.74 bits per heavy atom. The molecule has 2 amide bonds. The molecule has 0 atom stereocenters. The fourth-order valence-corrected chi connectivity index (χ4v) is 2.07. The van der Waals surface area contributed by atoms with Crippen molar-refractivity contribution < 1.29 is 9.59 Å². The molecular weight excluding hydrogens is 292 g/mol. The predicted octanol–water partition coefficient (Wildman–Crippen LogP) is 1.09. The van der Waals surface area contributed by atoms with Gasteiger partial charge in [0.15, 0.2) is 0 Å². The van der Waals surface area contributed by atoms with Gasteiger partial charge in [0.05, 0.1) is 0 Å². The number of rotatable bonds is 7. The van der Waals surface area contributed by atoms with Crippen LogP contribution in [0.25, 0.3) is 0 Å². The topological polar surface area (TPSA) is 110 Å². The third kappa shape index (κ3) is 4.82. The fraction of sp³-hybridized carbons (Fsp3) is 0.176. The first-order valence-corrected chi connectivity index (χ1v) is 7.31. The zero-order valence-electron chi connectivity index (χ0n) is 12.7. The number of nitrogens with two attached hydrogens (primary N) is 2. The summed E-state index contributed by atoms with van der Waals surface area (Å²) >= 11 is 0. The molecule has 0 saturated carbocycles. The smallest absolute Gasteiger partial charge is 0.251 e. The minimum Gasteiger partial charge on any atom is -0.381 e. The third-order valence-corrected chi connectivity index (χ3v) is 3.29. The van der Waals surface area contributed by atoms with Gasteiger partial charge < -0.3 is 22.1 Å². The number of carbonyl (C=O) groups is 2. The number of anilines is 1. The van der Waals surface area contributed by atoms with Crippen LogP contribution in [0.2, 0.25) is 0 Å². The number of nitrogens with one attached hydrogen (secondary N) is 2. The maximum atomic E-state index is 11.8. The summed E-state index contributed by atoms with van der Waals surface area (Å²) in [6, 6.07) is 14.3. The van der Waals surface area contributed by atoms with Crippen molar-refractivity contribution in [3.05, 3.63) is 65.2 Å². The van der Waals surface area contributed by atoms with Gasteiger partial charge in [0.1, 0.15) is 0 Å². The summed E-state index contributed by atoms with van der Waals surface area (Å²) < 4.78 is 0. The van der Waals surface area contributed by atoms with Crippen molar-refractivity contribution in [2.75, 3.05) is 18.4 Å². The highest BCUT2D eigenvalue weighted by atomic mass is 16.2. The zero-order chi connectivity index (χ0) is 16.7. The van der Waals surface area contributed by atoms with Crippen LogP contribution in [0.3, 0.4) is 0 Å². The zero-order valence-corrected chi connectivity index (χ0v) is 12.7. The largest absolute Gasteiger partial charge is 0.381 e. The molecule has 0 bridgehead atoms. The van der Waals surface area contributed by atoms with E-state index in [1.807, 2.05) is 18.2 Å². The highest BCUT2D eigenvalue weighted by Crippen LogP contribution is 2.12. The molecule has 0 aliphatic heterocycles. The highest BCUT2D eigenvalue weighted by Gasteiger charge is 2.04. The van der Waals surface area contributed by atoms with E-state index in [2.05, 4.69) is 10.6 Å². The SMILES string of the molecule is NCCNC(=O)c1ccc(NCc2cccc(C(N)=O)c2)cc1. The molecule has 2 aromatic rings. The average Bonchev–Trinajstić information content (AvgIpc) is 2.58. The van der Waals surface area contributed by atoms with Crippen LogP contribution in [0.4, 0.5) is 5.69 Å². The van der Waals surface area contributed by atoms with Crippen molar-refractivity contribution in [2.24, 2.45) is 11.5 Å². The molecule has 23 heavy (non-hydrogen) atoms. The lowest BCUT2D eigenvalue weighted by Gasteiger charge is -2.09. The van der Waals surface area contributed by atoms with Gasteiger partial charge in [-0.1, -0.05) is 12.1 Å². The molecule has 6 nitrogen and oxygen atoms in total. The van der Waals surface area contributed by atoms with Crippen molar-refractivity contribution in [2.45, 2.75) is 6.54 Å². The standard InChI is InChI=1S/C17H20N4O2/c18-8-9-20-17(23)13-4-6-15(7-5-13)21-11-12-2-1-3-14(10-12)16(19)22/h1-7,10,21H,8-9,11,18H2,(H2,19,22)(H,20,23). The second-order valence-corrected chi connectivity index (χ2v) is 5.04. The van der Waals surface area contributed by atoms with E-state index < -0.39 is 5.91 Å². The molecule has 0 aromatic heterocycles. The first-order valence-electron chi connectivity index (χ1n) is 7.31. The molecule has 0 saturated heterocycles. The number of hydrogen-bond acceptors (Lipinski definition) is 4. The lowest BCUT2D eigenvalue weighted by molar-refractivity contribution is 0.0953. The van der Waals surface area contributed by atoms with E-state index in [0.29, 0.717) is 30.8 Å². The second kappa shape index (κ2) is 7.95. The number of benzene rings is 2. The average molecular weight is 312 g/mol. The summed E-state index contributed by atoms with van der Waals surface area (Å²) in [7, 11) is 0. The molecular formula is C17H20N4O2. The Kier molecular flexibility index (Phi) is 5.71. The minimum absolute atomic E-state index is 0.142. The van der Waals surface area contributed by atoms with Gasteiger partial charge in [0.2, 0.25) is 5.91 Å². The molecule has 0 fully saturated rings. The number of hydrogen-bond donors (Lipinski definition) is 4. The highest BCUT2D eigenvalue weighted by molar-refractivity contribution is 5.94. The Hall–Kier alpha value is -2.86. The Morgan fingerprint density at radius 3 is 2.39 bits per heavy atom. The van der Waals surface area contributed by atoms with E-state index in [0.717, 1.165) is 11.3 Å². The van der Waals surface area contributed by atoms with E-state index in [9.17, 15) is 9.59 Å². The van der Waals surface area contributed by atoms with Gasteiger partial charge in [-0.2, -0.15) is 0 Å². The molecule has 0 unspecified atom stereocenters. The summed E-state index contributed by atoms with van der Waals surface area (Å²) in [4.78, 5) is 22.9. The van der Waals surface area contributed by atoms with Crippen LogP contribution >= 0.6 is 0 Å². The van der Waals surface area contributed by atoms with Gasteiger partial charge in [-0.3, -0.25) is 9.59 Å². The summed E-state index contributed by atoms with van der Waals surface area (Å²) in [5, 5.41) is 5.95. The molecule has 2 rings (SSSR count). The predicted molar refractivity (Wildman–Crippen MR) is 90.1 cm³/mol. The first kappa shape index (κ1) is 16.5. The van der Waals surface area contributed by atoms with Crippen LogP contribution in [-0.2, 0) is 6.54 Å². The third-order valence-electron chi connectivity index (χ3n) is 3.29. The maximum absolute atomic E-state index is 11.8. The van der Waals surface area contributed by atoms with E-state index >= 15 is 0 Å². The van der Waals surface area contributed by atoms with Crippen LogP contribution in [0.15, 0.2) is 48.5 Å². The van der Waals surface area contributed by atoms with E-state index in [-0.39, 0.29) is 5.91 Å². The van der Waals surface area contributed by atoms with Crippen LogP contribution in [0.5, 0.6) is 0 Å². The van der Waals surface area contributed by atoms with Crippen LogP contribution in [0.1, 0.15) is 26.3 Å². The van der Waals surface area contributed by atoms with Gasteiger partial charge >= 0.3 is 0 Å². The van der Waals surface area contributed by atoms with Gasteiger partial charge in [0.25, 0.3) is 5.91 Å². The molecule has 0 aliphatic rings. The fourth-order valence-electron chi connectivity index (χ4n) is 2.07. The summed E-state index contributed by atoms with van der Waals surface area (Å²) in [6.45, 7) is 1.42. The van der Waals surface area contributed by atoms with Crippen LogP contribution in [-0.4, -0.2) is 24.9 Å². The van der Waals surface area contributed by atoms with E-state index in [1.165, 1.54) is 0 Å². The van der Waals surface area contributed by atoms with Crippen LogP contribution in [0, 0.1) is 0 Å². The van der Waals surface area contributed by atoms with Gasteiger partial charge in [-0.25, -0.2) is 0 Å². The van der Waals surface area contributed by atoms with Crippen molar-refractivity contribution in [3.63, 3.8) is 0 Å². The second-order valence-electron chi connectivity index (χ2n) is 5.04. The summed E-state index contributed by atoms with van der Waals surface area (Å²) in [6.07, 6.45) is 0. The monoisotopic (exact) mass is 312 g/mol. The molecule has 0 heterocycles. The first-order chi connectivity index (χ1) is 11.1. The minimum atomic E-state index is -0.445. The van der Waals surface area contributed by atoms with Crippen LogP contribution < -0.4 is 22.1 Å². The van der Waals surface area contributed by atoms with E-state index in [4.69, 9.17) is 11.5 Å². The number of carbonyl (C=O) groups excluding carboxylic acids is 2. The normalized spacial score (nSPS) is 10.1. The van der Waals surface area contributed by atoms with Gasteiger partial charge in [0, 0.05) is 36.4 Å². The van der Waals surface area contributed by atoms with Crippen molar-refractivity contribution in [1.82, 2.24) is 5.32 Å². The lowest BCUT2D eigenvalue weighted by atomic mass is 10.1. The molecule has 6 N–H and O–H groups in total. The Labute approximate surface area is 134 Å². The Bertz CT molecular complexity index is 683.